The van der Waals surface area contributed by atoms with Crippen LogP contribution in [0.3, 0.4) is 0 Å². The minimum Gasteiger partial charge on any atom is -0.318 e. The standard InChI is InChI=1S/C13H16FN/c1-3-4-12(15)7-5-11-6-8-13(14)10(2)9-11/h6,8-9,12H,3-4,15H2,1-2H3. The van der Waals surface area contributed by atoms with Crippen LogP contribution in [0.25, 0.3) is 0 Å². The van der Waals surface area contributed by atoms with Gasteiger partial charge in [-0.05, 0) is 37.1 Å². The zero-order valence-electron chi connectivity index (χ0n) is 9.18. The molecular weight excluding hydrogens is 189 g/mol. The summed E-state index contributed by atoms with van der Waals surface area (Å²) in [6, 6.07) is 4.76. The summed E-state index contributed by atoms with van der Waals surface area (Å²) in [7, 11) is 0. The highest BCUT2D eigenvalue weighted by molar-refractivity contribution is 5.38. The number of benzene rings is 1. The maximum Gasteiger partial charge on any atom is 0.126 e. The molecule has 0 bridgehead atoms. The topological polar surface area (TPSA) is 26.0 Å². The first-order valence-corrected chi connectivity index (χ1v) is 5.16. The van der Waals surface area contributed by atoms with Crippen LogP contribution in [0.4, 0.5) is 4.39 Å². The largest absolute Gasteiger partial charge is 0.318 e. The van der Waals surface area contributed by atoms with E-state index in [-0.39, 0.29) is 11.9 Å². The number of aryl methyl sites for hydroxylation is 1. The maximum absolute atomic E-state index is 12.9. The second-order valence-corrected chi connectivity index (χ2v) is 3.63. The molecule has 0 spiro atoms. The number of hydrogen-bond donors (Lipinski definition) is 1. The predicted molar refractivity (Wildman–Crippen MR) is 60.9 cm³/mol. The normalized spacial score (nSPS) is 11.7. The van der Waals surface area contributed by atoms with Crippen molar-refractivity contribution in [2.45, 2.75) is 32.7 Å². The third-order valence-corrected chi connectivity index (χ3v) is 2.16. The zero-order chi connectivity index (χ0) is 11.3. The maximum atomic E-state index is 12.9. The Morgan fingerprint density at radius 2 is 2.20 bits per heavy atom. The van der Waals surface area contributed by atoms with E-state index < -0.39 is 0 Å². The van der Waals surface area contributed by atoms with Crippen LogP contribution in [0.15, 0.2) is 18.2 Å². The van der Waals surface area contributed by atoms with E-state index in [9.17, 15) is 4.39 Å². The Hall–Kier alpha value is -1.33. The van der Waals surface area contributed by atoms with Crippen LogP contribution in [0, 0.1) is 24.6 Å². The molecule has 15 heavy (non-hydrogen) atoms. The van der Waals surface area contributed by atoms with Crippen LogP contribution in [0.5, 0.6) is 0 Å². The molecule has 1 aromatic carbocycles. The molecule has 1 nitrogen and oxygen atoms in total. The summed E-state index contributed by atoms with van der Waals surface area (Å²) < 4.78 is 12.9. The fraction of sp³-hybridized carbons (Fsp3) is 0.385. The molecule has 1 aromatic rings. The minimum atomic E-state index is -0.196. The lowest BCUT2D eigenvalue weighted by Crippen LogP contribution is -2.16. The predicted octanol–water partition coefficient (Wildman–Crippen LogP) is 2.61. The average molecular weight is 205 g/mol. The molecule has 0 aliphatic carbocycles. The van der Waals surface area contributed by atoms with Gasteiger partial charge in [0, 0.05) is 5.56 Å². The van der Waals surface area contributed by atoms with Gasteiger partial charge in [0.25, 0.3) is 0 Å². The highest BCUT2D eigenvalue weighted by Gasteiger charge is 1.97. The van der Waals surface area contributed by atoms with Crippen LogP contribution in [-0.4, -0.2) is 6.04 Å². The molecule has 2 N–H and O–H groups in total. The van der Waals surface area contributed by atoms with Crippen LogP contribution in [0.1, 0.15) is 30.9 Å². The number of halogens is 1. The SMILES string of the molecule is CCCC(N)C#Cc1ccc(F)c(C)c1. The third kappa shape index (κ3) is 3.73. The molecular formula is C13H16FN. The molecule has 0 aromatic heterocycles. The number of rotatable bonds is 2. The van der Waals surface area contributed by atoms with Crippen LogP contribution < -0.4 is 5.73 Å². The van der Waals surface area contributed by atoms with Crippen molar-refractivity contribution in [3.05, 3.63) is 35.1 Å². The molecule has 1 unspecified atom stereocenters. The van der Waals surface area contributed by atoms with Crippen molar-refractivity contribution in [3.8, 4) is 11.8 Å². The van der Waals surface area contributed by atoms with Crippen molar-refractivity contribution in [1.82, 2.24) is 0 Å². The van der Waals surface area contributed by atoms with Gasteiger partial charge in [0.05, 0.1) is 6.04 Å². The van der Waals surface area contributed by atoms with Crippen molar-refractivity contribution < 1.29 is 4.39 Å². The van der Waals surface area contributed by atoms with E-state index in [1.165, 1.54) is 6.07 Å². The van der Waals surface area contributed by atoms with Crippen molar-refractivity contribution in [2.75, 3.05) is 0 Å². The fourth-order valence-electron chi connectivity index (χ4n) is 1.28. The summed E-state index contributed by atoms with van der Waals surface area (Å²) >= 11 is 0. The molecule has 1 rings (SSSR count). The Morgan fingerprint density at radius 1 is 1.47 bits per heavy atom. The Labute approximate surface area is 90.5 Å². The summed E-state index contributed by atoms with van der Waals surface area (Å²) in [4.78, 5) is 0. The van der Waals surface area contributed by atoms with Crippen LogP contribution >= 0.6 is 0 Å². The molecule has 1 atom stereocenters. The van der Waals surface area contributed by atoms with E-state index in [1.54, 1.807) is 19.1 Å². The molecule has 0 saturated carbocycles. The van der Waals surface area contributed by atoms with Crippen molar-refractivity contribution in [3.63, 3.8) is 0 Å². The smallest absolute Gasteiger partial charge is 0.126 e. The van der Waals surface area contributed by atoms with Crippen LogP contribution in [0.2, 0.25) is 0 Å². The van der Waals surface area contributed by atoms with Crippen LogP contribution in [-0.2, 0) is 0 Å². The molecule has 80 valence electrons. The summed E-state index contributed by atoms with van der Waals surface area (Å²) in [6.45, 7) is 3.80. The van der Waals surface area contributed by atoms with Gasteiger partial charge in [0.1, 0.15) is 5.82 Å². The van der Waals surface area contributed by atoms with Crippen molar-refractivity contribution in [2.24, 2.45) is 5.73 Å². The molecule has 2 heteroatoms. The fourth-order valence-corrected chi connectivity index (χ4v) is 1.28. The van der Waals surface area contributed by atoms with Gasteiger partial charge in [-0.3, -0.25) is 0 Å². The molecule has 0 heterocycles. The molecule has 0 fully saturated rings. The van der Waals surface area contributed by atoms with E-state index in [0.29, 0.717) is 5.56 Å². The second-order valence-electron chi connectivity index (χ2n) is 3.63. The van der Waals surface area contributed by atoms with Gasteiger partial charge in [-0.1, -0.05) is 25.2 Å². The van der Waals surface area contributed by atoms with Gasteiger partial charge in [-0.25, -0.2) is 4.39 Å². The lowest BCUT2D eigenvalue weighted by Gasteiger charge is -1.99. The first kappa shape index (κ1) is 11.7. The number of nitrogens with two attached hydrogens (primary N) is 1. The van der Waals surface area contributed by atoms with E-state index in [0.717, 1.165) is 18.4 Å². The molecule has 0 aliphatic rings. The zero-order valence-corrected chi connectivity index (χ0v) is 9.18. The van der Waals surface area contributed by atoms with Crippen molar-refractivity contribution in [1.29, 1.82) is 0 Å². The van der Waals surface area contributed by atoms with Gasteiger partial charge in [0.15, 0.2) is 0 Å². The van der Waals surface area contributed by atoms with Gasteiger partial charge in [-0.15, -0.1) is 0 Å². The van der Waals surface area contributed by atoms with Gasteiger partial charge < -0.3 is 5.73 Å². The molecule has 0 radical (unpaired) electrons. The van der Waals surface area contributed by atoms with E-state index in [2.05, 4.69) is 18.8 Å². The highest BCUT2D eigenvalue weighted by Crippen LogP contribution is 2.08. The highest BCUT2D eigenvalue weighted by atomic mass is 19.1. The third-order valence-electron chi connectivity index (χ3n) is 2.16. The van der Waals surface area contributed by atoms with Gasteiger partial charge >= 0.3 is 0 Å². The summed E-state index contributed by atoms with van der Waals surface area (Å²) in [5.74, 6) is 5.71. The summed E-state index contributed by atoms with van der Waals surface area (Å²) in [5, 5.41) is 0. The number of hydrogen-bond acceptors (Lipinski definition) is 1. The molecule has 0 aliphatic heterocycles. The minimum absolute atomic E-state index is 0.0830. The first-order valence-electron chi connectivity index (χ1n) is 5.16. The summed E-state index contributed by atoms with van der Waals surface area (Å²) in [6.07, 6.45) is 1.92. The van der Waals surface area contributed by atoms with E-state index in [4.69, 9.17) is 5.73 Å². The average Bonchev–Trinajstić information content (AvgIpc) is 2.20. The first-order chi connectivity index (χ1) is 7.13. The Morgan fingerprint density at radius 3 is 2.80 bits per heavy atom. The second kappa shape index (κ2) is 5.53. The van der Waals surface area contributed by atoms with Gasteiger partial charge in [-0.2, -0.15) is 0 Å². The Bertz CT molecular complexity index is 387. The quantitative estimate of drug-likeness (QED) is 0.738. The van der Waals surface area contributed by atoms with E-state index in [1.807, 2.05) is 0 Å². The molecule has 0 amide bonds. The monoisotopic (exact) mass is 205 g/mol. The Kier molecular flexibility index (Phi) is 4.33. The lowest BCUT2D eigenvalue weighted by molar-refractivity contribution is 0.618. The molecule has 0 saturated heterocycles. The van der Waals surface area contributed by atoms with E-state index >= 15 is 0 Å². The lowest BCUT2D eigenvalue weighted by atomic mass is 10.1. The summed E-state index contributed by atoms with van der Waals surface area (Å²) in [5.41, 5.74) is 7.19. The van der Waals surface area contributed by atoms with Crippen molar-refractivity contribution >= 4 is 0 Å². The Balaban J connectivity index is 2.76. The van der Waals surface area contributed by atoms with Gasteiger partial charge in [0.2, 0.25) is 0 Å².